The van der Waals surface area contributed by atoms with Gasteiger partial charge in [0, 0.05) is 11.6 Å². The van der Waals surface area contributed by atoms with Crippen molar-refractivity contribution in [2.75, 3.05) is 0 Å². The van der Waals surface area contributed by atoms with Gasteiger partial charge in [0.25, 0.3) is 0 Å². The van der Waals surface area contributed by atoms with E-state index in [1.54, 1.807) is 12.1 Å². The van der Waals surface area contributed by atoms with E-state index in [2.05, 4.69) is 6.58 Å². The number of hydrogen-bond acceptors (Lipinski definition) is 2. The van der Waals surface area contributed by atoms with E-state index in [-0.39, 0.29) is 11.8 Å². The molecule has 3 N–H and O–H groups in total. The van der Waals surface area contributed by atoms with Gasteiger partial charge in [-0.15, -0.1) is 6.58 Å². The molecule has 0 radical (unpaired) electrons. The highest BCUT2D eigenvalue weighted by Crippen LogP contribution is 2.24. The Morgan fingerprint density at radius 2 is 2.15 bits per heavy atom. The summed E-state index contributed by atoms with van der Waals surface area (Å²) in [6, 6.07) is 7.08. The van der Waals surface area contributed by atoms with Crippen molar-refractivity contribution in [3.63, 3.8) is 0 Å². The number of allylic oxidation sites excluding steroid dienone is 1. The van der Waals surface area contributed by atoms with E-state index < -0.39 is 0 Å². The minimum Gasteiger partial charge on any atom is -0.508 e. The topological polar surface area (TPSA) is 46.2 Å². The molecule has 0 saturated heterocycles. The maximum atomic E-state index is 9.47. The highest BCUT2D eigenvalue weighted by Gasteiger charge is 2.08. The van der Waals surface area contributed by atoms with E-state index >= 15 is 0 Å². The molecule has 0 unspecified atom stereocenters. The lowest BCUT2D eigenvalue weighted by molar-refractivity contribution is 0.459. The largest absolute Gasteiger partial charge is 0.508 e. The fraction of sp³-hybridized carbons (Fsp3) is 0.273. The van der Waals surface area contributed by atoms with Gasteiger partial charge >= 0.3 is 0 Å². The molecule has 1 aromatic carbocycles. The first-order valence-corrected chi connectivity index (χ1v) is 4.40. The first-order valence-electron chi connectivity index (χ1n) is 4.40. The molecule has 0 amide bonds. The number of hydrogen-bond donors (Lipinski definition) is 2. The maximum Gasteiger partial charge on any atom is 0.120 e. The molecular weight excluding hydrogens is 162 g/mol. The Balaban J connectivity index is 2.70. The van der Waals surface area contributed by atoms with Crippen molar-refractivity contribution in [2.24, 2.45) is 5.73 Å². The molecule has 1 aromatic rings. The Morgan fingerprint density at radius 1 is 1.46 bits per heavy atom. The average molecular weight is 177 g/mol. The van der Waals surface area contributed by atoms with E-state index in [0.29, 0.717) is 0 Å². The average Bonchev–Trinajstić information content (AvgIpc) is 2.15. The van der Waals surface area contributed by atoms with Crippen LogP contribution in [-0.4, -0.2) is 5.11 Å². The second-order valence-corrected chi connectivity index (χ2v) is 3.03. The molecule has 13 heavy (non-hydrogen) atoms. The molecule has 0 aliphatic rings. The highest BCUT2D eigenvalue weighted by atomic mass is 16.3. The van der Waals surface area contributed by atoms with Crippen LogP contribution in [0.2, 0.25) is 0 Å². The number of para-hydroxylation sites is 1. The van der Waals surface area contributed by atoms with E-state index in [0.717, 1.165) is 18.4 Å². The molecule has 0 bridgehead atoms. The number of benzene rings is 1. The molecule has 0 aliphatic heterocycles. The van der Waals surface area contributed by atoms with Gasteiger partial charge in [-0.3, -0.25) is 0 Å². The maximum absolute atomic E-state index is 9.47. The monoisotopic (exact) mass is 177 g/mol. The first kappa shape index (κ1) is 9.81. The summed E-state index contributed by atoms with van der Waals surface area (Å²) >= 11 is 0. The first-order chi connectivity index (χ1) is 6.25. The van der Waals surface area contributed by atoms with Crippen LogP contribution in [0.1, 0.15) is 24.4 Å². The van der Waals surface area contributed by atoms with Crippen molar-refractivity contribution >= 4 is 0 Å². The van der Waals surface area contributed by atoms with Crippen LogP contribution >= 0.6 is 0 Å². The second-order valence-electron chi connectivity index (χ2n) is 3.03. The van der Waals surface area contributed by atoms with Gasteiger partial charge in [0.2, 0.25) is 0 Å². The second kappa shape index (κ2) is 4.67. The Morgan fingerprint density at radius 3 is 2.77 bits per heavy atom. The molecule has 0 aliphatic carbocycles. The molecule has 0 spiro atoms. The van der Waals surface area contributed by atoms with Crippen LogP contribution in [-0.2, 0) is 0 Å². The molecular formula is C11H15NO. The summed E-state index contributed by atoms with van der Waals surface area (Å²) in [5.74, 6) is 0.277. The number of aromatic hydroxyl groups is 1. The summed E-state index contributed by atoms with van der Waals surface area (Å²) in [7, 11) is 0. The van der Waals surface area contributed by atoms with Crippen LogP contribution in [0, 0.1) is 0 Å². The predicted octanol–water partition coefficient (Wildman–Crippen LogP) is 2.36. The third-order valence-electron chi connectivity index (χ3n) is 2.02. The molecule has 70 valence electrons. The van der Waals surface area contributed by atoms with E-state index in [1.165, 1.54) is 0 Å². The third kappa shape index (κ3) is 2.60. The summed E-state index contributed by atoms with van der Waals surface area (Å²) < 4.78 is 0. The van der Waals surface area contributed by atoms with Crippen LogP contribution in [0.4, 0.5) is 0 Å². The fourth-order valence-electron chi connectivity index (χ4n) is 1.25. The molecule has 0 saturated carbocycles. The predicted molar refractivity (Wildman–Crippen MR) is 54.5 cm³/mol. The van der Waals surface area contributed by atoms with Gasteiger partial charge in [0.05, 0.1) is 0 Å². The zero-order chi connectivity index (χ0) is 9.68. The fourth-order valence-corrected chi connectivity index (χ4v) is 1.25. The van der Waals surface area contributed by atoms with Crippen molar-refractivity contribution in [1.82, 2.24) is 0 Å². The van der Waals surface area contributed by atoms with Gasteiger partial charge in [-0.05, 0) is 18.9 Å². The molecule has 2 heteroatoms. The third-order valence-corrected chi connectivity index (χ3v) is 2.02. The standard InChI is InChI=1S/C11H15NO/c1-2-3-7-10(12)9-6-4-5-8-11(9)13/h2,4-6,8,10,13H,1,3,7,12H2/t10-/m1/s1. The van der Waals surface area contributed by atoms with Gasteiger partial charge in [0.1, 0.15) is 5.75 Å². The van der Waals surface area contributed by atoms with Crippen LogP contribution in [0.25, 0.3) is 0 Å². The van der Waals surface area contributed by atoms with Crippen LogP contribution in [0.5, 0.6) is 5.75 Å². The molecule has 0 fully saturated rings. The number of nitrogens with two attached hydrogens (primary N) is 1. The summed E-state index contributed by atoms with van der Waals surface area (Å²) in [4.78, 5) is 0. The van der Waals surface area contributed by atoms with Gasteiger partial charge in [-0.2, -0.15) is 0 Å². The van der Waals surface area contributed by atoms with Crippen molar-refractivity contribution in [1.29, 1.82) is 0 Å². The number of rotatable bonds is 4. The summed E-state index contributed by atoms with van der Waals surface area (Å²) in [6.45, 7) is 3.63. The lowest BCUT2D eigenvalue weighted by atomic mass is 10.0. The van der Waals surface area contributed by atoms with Crippen LogP contribution in [0.3, 0.4) is 0 Å². The molecule has 0 heterocycles. The smallest absolute Gasteiger partial charge is 0.120 e. The Hall–Kier alpha value is -1.28. The molecule has 1 rings (SSSR count). The molecule has 0 aromatic heterocycles. The van der Waals surface area contributed by atoms with Crippen molar-refractivity contribution < 1.29 is 5.11 Å². The van der Waals surface area contributed by atoms with Gasteiger partial charge < -0.3 is 10.8 Å². The van der Waals surface area contributed by atoms with Crippen molar-refractivity contribution in [3.8, 4) is 5.75 Å². The van der Waals surface area contributed by atoms with Gasteiger partial charge in [-0.25, -0.2) is 0 Å². The van der Waals surface area contributed by atoms with Crippen LogP contribution in [0.15, 0.2) is 36.9 Å². The normalized spacial score (nSPS) is 12.4. The summed E-state index contributed by atoms with van der Waals surface area (Å²) in [5, 5.41) is 9.47. The lowest BCUT2D eigenvalue weighted by Gasteiger charge is -2.11. The van der Waals surface area contributed by atoms with Gasteiger partial charge in [0.15, 0.2) is 0 Å². The summed E-state index contributed by atoms with van der Waals surface area (Å²) in [5.41, 5.74) is 6.68. The molecule has 2 nitrogen and oxygen atoms in total. The summed E-state index contributed by atoms with van der Waals surface area (Å²) in [6.07, 6.45) is 3.52. The van der Waals surface area contributed by atoms with Crippen LogP contribution < -0.4 is 5.73 Å². The number of phenolic OH excluding ortho intramolecular Hbond substituents is 1. The Labute approximate surface area is 78.7 Å². The molecule has 1 atom stereocenters. The minimum absolute atomic E-state index is 0.0980. The van der Waals surface area contributed by atoms with Gasteiger partial charge in [-0.1, -0.05) is 24.3 Å². The Bertz CT molecular complexity index is 283. The quantitative estimate of drug-likeness (QED) is 0.693. The Kier molecular flexibility index (Phi) is 3.53. The van der Waals surface area contributed by atoms with E-state index in [9.17, 15) is 5.11 Å². The SMILES string of the molecule is C=CCC[C@@H](N)c1ccccc1O. The van der Waals surface area contributed by atoms with Crippen molar-refractivity contribution in [2.45, 2.75) is 18.9 Å². The van der Waals surface area contributed by atoms with E-state index in [1.807, 2.05) is 18.2 Å². The highest BCUT2D eigenvalue weighted by molar-refractivity contribution is 5.34. The lowest BCUT2D eigenvalue weighted by Crippen LogP contribution is -2.09. The minimum atomic E-state index is -0.0980. The van der Waals surface area contributed by atoms with Crippen molar-refractivity contribution in [3.05, 3.63) is 42.5 Å². The zero-order valence-corrected chi connectivity index (χ0v) is 7.61. The van der Waals surface area contributed by atoms with E-state index in [4.69, 9.17) is 5.73 Å². The zero-order valence-electron chi connectivity index (χ0n) is 7.61. The number of phenols is 1.